The summed E-state index contributed by atoms with van der Waals surface area (Å²) < 4.78 is 0. The highest BCUT2D eigenvalue weighted by Crippen LogP contribution is 2.12. The number of aliphatic hydroxyl groups excluding tert-OH is 1. The summed E-state index contributed by atoms with van der Waals surface area (Å²) >= 11 is 0. The predicted molar refractivity (Wildman–Crippen MR) is 108 cm³/mol. The van der Waals surface area contributed by atoms with Gasteiger partial charge >= 0.3 is 0 Å². The number of nitrogens with one attached hydrogen (secondary N) is 2. The number of pyridine rings is 1. The molecule has 0 radical (unpaired) electrons. The minimum Gasteiger partial charge on any atom is -0.389 e. The Morgan fingerprint density at radius 2 is 1.96 bits per heavy atom. The lowest BCUT2D eigenvalue weighted by atomic mass is 10.1. The zero-order valence-corrected chi connectivity index (χ0v) is 16.2. The maximum absolute atomic E-state index is 10.0. The Kier molecular flexibility index (Phi) is 9.83. The van der Waals surface area contributed by atoms with E-state index in [-0.39, 0.29) is 37.3 Å². The van der Waals surface area contributed by atoms with E-state index in [9.17, 15) is 5.11 Å². The zero-order chi connectivity index (χ0) is 16.8. The number of rotatable bonds is 6. The minimum absolute atomic E-state index is 0. The van der Waals surface area contributed by atoms with Crippen LogP contribution in [0.3, 0.4) is 0 Å². The molecule has 1 aliphatic rings. The Hall–Kier alpha value is -1.44. The summed E-state index contributed by atoms with van der Waals surface area (Å²) in [5, 5.41) is 19.0. The van der Waals surface area contributed by atoms with Crippen molar-refractivity contribution in [3.63, 3.8) is 0 Å². The third-order valence-electron chi connectivity index (χ3n) is 4.25. The Morgan fingerprint density at radius 3 is 2.73 bits per heavy atom. The average molecular weight is 401 g/mol. The molecule has 0 bridgehead atoms. The number of aliphatic hydroxyl groups is 1. The average Bonchev–Trinajstić information content (AvgIpc) is 2.62. The van der Waals surface area contributed by atoms with Crippen LogP contribution < -0.4 is 5.48 Å². The van der Waals surface area contributed by atoms with Gasteiger partial charge < -0.3 is 10.0 Å². The van der Waals surface area contributed by atoms with Crippen LogP contribution in [0.15, 0.2) is 36.5 Å². The molecule has 26 heavy (non-hydrogen) atoms. The molecule has 1 aromatic carbocycles. The van der Waals surface area contributed by atoms with E-state index in [4.69, 9.17) is 10.2 Å². The number of piperidine rings is 1. The lowest BCUT2D eigenvalue weighted by Crippen LogP contribution is -2.39. The monoisotopic (exact) mass is 400 g/mol. The Morgan fingerprint density at radius 1 is 1.23 bits per heavy atom. The molecule has 1 fully saturated rings. The second-order valence-electron chi connectivity index (χ2n) is 6.22. The summed E-state index contributed by atoms with van der Waals surface area (Å²) in [5.74, 6) is 0.137. The molecule has 0 amide bonds. The van der Waals surface area contributed by atoms with Crippen molar-refractivity contribution >= 4 is 41.6 Å². The van der Waals surface area contributed by atoms with Crippen molar-refractivity contribution in [2.45, 2.75) is 25.4 Å². The predicted octanol–water partition coefficient (Wildman–Crippen LogP) is 2.77. The quantitative estimate of drug-likeness (QED) is 0.394. The number of β-amino-alcohol motifs (C(OH)–C–C–N with tert-alkyl or cyclic N) is 1. The van der Waals surface area contributed by atoms with Crippen molar-refractivity contribution in [1.82, 2.24) is 15.4 Å². The van der Waals surface area contributed by atoms with Crippen LogP contribution in [0.4, 0.5) is 0 Å². The van der Waals surface area contributed by atoms with Gasteiger partial charge in [-0.15, -0.1) is 24.8 Å². The number of nitrogens with zero attached hydrogens (tertiary/aromatic N) is 2. The molecule has 0 aliphatic carbocycles. The maximum Gasteiger partial charge on any atom is 0.151 e. The number of hydrogen-bond acceptors (Lipinski definition) is 5. The summed E-state index contributed by atoms with van der Waals surface area (Å²) in [6.07, 6.45) is 4.77. The minimum atomic E-state index is -0.557. The molecule has 1 saturated heterocycles. The standard InChI is InChI=1S/C18H24N4O2.2ClH/c19-18(15-10-14-6-2-3-7-17(14)20-11-15)21-24-13-16(23)12-22-8-4-1-5-9-22;;/h2-3,6-7,10-11,16,23H,1,4-5,8-9,12-13H2,(H2,19,21);2*1H. The highest BCUT2D eigenvalue weighted by molar-refractivity contribution is 5.98. The third kappa shape index (κ3) is 6.37. The van der Waals surface area contributed by atoms with Crippen LogP contribution in [0.1, 0.15) is 24.8 Å². The Balaban J connectivity index is 0.00000169. The maximum atomic E-state index is 10.0. The molecule has 2 heterocycles. The SMILES string of the molecule is Cl.Cl.N=C(NOCC(O)CN1CCCCC1)c1cnc2ccccc2c1. The number of benzene rings is 1. The van der Waals surface area contributed by atoms with Gasteiger partial charge in [0.1, 0.15) is 6.61 Å². The first kappa shape index (κ1) is 22.6. The van der Waals surface area contributed by atoms with Crippen LogP contribution in [0.5, 0.6) is 0 Å². The lowest BCUT2D eigenvalue weighted by Gasteiger charge is -2.28. The van der Waals surface area contributed by atoms with E-state index in [1.807, 2.05) is 30.3 Å². The van der Waals surface area contributed by atoms with E-state index >= 15 is 0 Å². The van der Waals surface area contributed by atoms with Crippen LogP contribution in [-0.2, 0) is 4.84 Å². The highest BCUT2D eigenvalue weighted by atomic mass is 35.5. The zero-order valence-electron chi connectivity index (χ0n) is 14.6. The first-order chi connectivity index (χ1) is 11.7. The van der Waals surface area contributed by atoms with Crippen LogP contribution >= 0.6 is 24.8 Å². The largest absolute Gasteiger partial charge is 0.389 e. The van der Waals surface area contributed by atoms with Crippen molar-refractivity contribution in [2.75, 3.05) is 26.2 Å². The molecular weight excluding hydrogens is 375 g/mol. The topological polar surface area (TPSA) is 81.5 Å². The van der Waals surface area contributed by atoms with Crippen LogP contribution in [0.2, 0.25) is 0 Å². The third-order valence-corrected chi connectivity index (χ3v) is 4.25. The van der Waals surface area contributed by atoms with Gasteiger partial charge in [-0.1, -0.05) is 24.6 Å². The summed E-state index contributed by atoms with van der Waals surface area (Å²) in [5.41, 5.74) is 4.14. The van der Waals surface area contributed by atoms with Gasteiger partial charge in [-0.25, -0.2) is 5.48 Å². The number of fused-ring (bicyclic) bond motifs is 1. The van der Waals surface area contributed by atoms with Gasteiger partial charge in [0.05, 0.1) is 11.6 Å². The van der Waals surface area contributed by atoms with Crippen molar-refractivity contribution in [2.24, 2.45) is 0 Å². The molecular formula is C18H26Cl2N4O2. The smallest absolute Gasteiger partial charge is 0.151 e. The van der Waals surface area contributed by atoms with Crippen molar-refractivity contribution in [1.29, 1.82) is 5.41 Å². The summed E-state index contributed by atoms with van der Waals surface area (Å²) in [6, 6.07) is 9.67. The second kappa shape index (κ2) is 11.3. The van der Waals surface area contributed by atoms with Gasteiger partial charge in [0.2, 0.25) is 0 Å². The molecule has 0 saturated carbocycles. The van der Waals surface area contributed by atoms with Crippen LogP contribution in [-0.4, -0.2) is 53.2 Å². The summed E-state index contributed by atoms with van der Waals surface area (Å²) in [7, 11) is 0. The first-order valence-corrected chi connectivity index (χ1v) is 8.44. The van der Waals surface area contributed by atoms with Gasteiger partial charge in [0.25, 0.3) is 0 Å². The van der Waals surface area contributed by atoms with Gasteiger partial charge in [0.15, 0.2) is 5.84 Å². The van der Waals surface area contributed by atoms with Gasteiger partial charge in [-0.3, -0.25) is 15.2 Å². The lowest BCUT2D eigenvalue weighted by molar-refractivity contribution is -0.00952. The van der Waals surface area contributed by atoms with Crippen molar-refractivity contribution < 1.29 is 9.94 Å². The number of hydroxylamine groups is 1. The molecule has 1 aromatic heterocycles. The molecule has 1 unspecified atom stereocenters. The molecule has 3 N–H and O–H groups in total. The van der Waals surface area contributed by atoms with Gasteiger partial charge in [-0.05, 0) is 38.1 Å². The molecule has 2 aromatic rings. The number of amidine groups is 1. The fourth-order valence-corrected chi connectivity index (χ4v) is 2.97. The second-order valence-corrected chi connectivity index (χ2v) is 6.22. The number of para-hydroxylation sites is 1. The molecule has 6 nitrogen and oxygen atoms in total. The molecule has 8 heteroatoms. The number of aromatic nitrogens is 1. The van der Waals surface area contributed by atoms with E-state index in [2.05, 4.69) is 15.4 Å². The highest BCUT2D eigenvalue weighted by Gasteiger charge is 2.15. The van der Waals surface area contributed by atoms with Gasteiger partial charge in [-0.2, -0.15) is 0 Å². The molecule has 1 atom stereocenters. The van der Waals surface area contributed by atoms with Crippen LogP contribution in [0.25, 0.3) is 10.9 Å². The summed E-state index contributed by atoms with van der Waals surface area (Å²) in [6.45, 7) is 2.86. The first-order valence-electron chi connectivity index (χ1n) is 8.44. The van der Waals surface area contributed by atoms with Crippen molar-refractivity contribution in [3.8, 4) is 0 Å². The Bertz CT molecular complexity index is 696. The van der Waals surface area contributed by atoms with Gasteiger partial charge in [0, 0.05) is 23.7 Å². The molecule has 3 rings (SSSR count). The number of likely N-dealkylation sites (tertiary alicyclic amines) is 1. The van der Waals surface area contributed by atoms with E-state index < -0.39 is 6.10 Å². The number of halogens is 2. The van der Waals surface area contributed by atoms with Crippen LogP contribution in [0, 0.1) is 5.41 Å². The number of hydrogen-bond donors (Lipinski definition) is 3. The molecule has 0 spiro atoms. The van der Waals surface area contributed by atoms with E-state index in [1.165, 1.54) is 19.3 Å². The Labute approximate surface area is 166 Å². The fraction of sp³-hybridized carbons (Fsp3) is 0.444. The van der Waals surface area contributed by atoms with Crippen molar-refractivity contribution in [3.05, 3.63) is 42.1 Å². The molecule has 144 valence electrons. The molecule has 1 aliphatic heterocycles. The van der Waals surface area contributed by atoms with E-state index in [1.54, 1.807) is 6.20 Å². The van der Waals surface area contributed by atoms with E-state index in [0.717, 1.165) is 24.0 Å². The van der Waals surface area contributed by atoms with E-state index in [0.29, 0.717) is 12.1 Å². The normalized spacial score (nSPS) is 15.6. The summed E-state index contributed by atoms with van der Waals surface area (Å²) in [4.78, 5) is 11.9. The fourth-order valence-electron chi connectivity index (χ4n) is 2.97.